The summed E-state index contributed by atoms with van der Waals surface area (Å²) in [5, 5.41) is 5.43. The lowest BCUT2D eigenvalue weighted by Crippen LogP contribution is -2.33. The van der Waals surface area contributed by atoms with Crippen molar-refractivity contribution in [2.45, 2.75) is 43.4 Å². The zero-order valence-electron chi connectivity index (χ0n) is 17.4. The summed E-state index contributed by atoms with van der Waals surface area (Å²) in [4.78, 5) is 26.1. The Labute approximate surface area is 176 Å². The highest BCUT2D eigenvalue weighted by Crippen LogP contribution is 2.33. The summed E-state index contributed by atoms with van der Waals surface area (Å²) in [7, 11) is 3.15. The Morgan fingerprint density at radius 1 is 1.03 bits per heavy atom. The molecule has 0 aliphatic heterocycles. The summed E-state index contributed by atoms with van der Waals surface area (Å²) in [6.45, 7) is 5.77. The van der Waals surface area contributed by atoms with Gasteiger partial charge in [-0.05, 0) is 50.6 Å². The van der Waals surface area contributed by atoms with Crippen molar-refractivity contribution < 1.29 is 19.1 Å². The van der Waals surface area contributed by atoms with Crippen LogP contribution in [0.3, 0.4) is 0 Å². The van der Waals surface area contributed by atoms with Crippen LogP contribution in [0, 0.1) is 0 Å². The predicted octanol–water partition coefficient (Wildman–Crippen LogP) is 4.35. The number of thioether (sulfide) groups is 1. The van der Waals surface area contributed by atoms with E-state index in [9.17, 15) is 9.59 Å². The van der Waals surface area contributed by atoms with Crippen molar-refractivity contribution in [3.63, 3.8) is 0 Å². The normalized spacial score (nSPS) is 12.6. The molecule has 2 aromatic carbocycles. The van der Waals surface area contributed by atoms with E-state index in [0.29, 0.717) is 22.7 Å². The van der Waals surface area contributed by atoms with E-state index >= 15 is 0 Å². The van der Waals surface area contributed by atoms with E-state index in [-0.39, 0.29) is 23.1 Å². The molecule has 0 radical (unpaired) electrons. The Morgan fingerprint density at radius 3 is 2.38 bits per heavy atom. The fourth-order valence-corrected chi connectivity index (χ4v) is 3.47. The molecule has 0 aliphatic rings. The summed E-state index contributed by atoms with van der Waals surface area (Å²) >= 11 is 1.40. The minimum Gasteiger partial charge on any atom is -0.493 e. The second-order valence-electron chi connectivity index (χ2n) is 6.59. The van der Waals surface area contributed by atoms with Gasteiger partial charge in [0.1, 0.15) is 0 Å². The van der Waals surface area contributed by atoms with E-state index in [1.54, 1.807) is 44.6 Å². The molecule has 0 saturated carbocycles. The van der Waals surface area contributed by atoms with Gasteiger partial charge in [-0.15, -0.1) is 11.8 Å². The Kier molecular flexibility index (Phi) is 8.39. The fourth-order valence-electron chi connectivity index (χ4n) is 2.58. The maximum atomic E-state index is 12.7. The topological polar surface area (TPSA) is 76.7 Å². The van der Waals surface area contributed by atoms with E-state index in [0.717, 1.165) is 11.3 Å². The van der Waals surface area contributed by atoms with Gasteiger partial charge in [0.25, 0.3) is 5.91 Å². The lowest BCUT2D eigenvalue weighted by atomic mass is 10.1. The van der Waals surface area contributed by atoms with Crippen LogP contribution < -0.4 is 20.1 Å². The Morgan fingerprint density at radius 2 is 1.72 bits per heavy atom. The van der Waals surface area contributed by atoms with Crippen molar-refractivity contribution >= 4 is 29.3 Å². The highest BCUT2D eigenvalue weighted by molar-refractivity contribution is 8.00. The van der Waals surface area contributed by atoms with Crippen LogP contribution in [0.2, 0.25) is 0 Å². The molecule has 0 bridgehead atoms. The number of para-hydroxylation sites is 1. The van der Waals surface area contributed by atoms with E-state index in [4.69, 9.17) is 9.47 Å². The number of anilines is 1. The standard InChI is InChI=1S/C22H28N2O4S/c1-6-14(2)23-22(26)17-9-7-8-10-18(17)24-21(25)15(3)29-16-11-12-19(27-4)20(13-16)28-5/h7-15H,6H2,1-5H3,(H,23,26)(H,24,25)/t14-,15-/m0/s1. The van der Waals surface area contributed by atoms with Gasteiger partial charge in [0.2, 0.25) is 5.91 Å². The molecule has 0 saturated heterocycles. The number of hydrogen-bond donors (Lipinski definition) is 2. The number of benzene rings is 2. The predicted molar refractivity (Wildman–Crippen MR) is 117 cm³/mol. The molecule has 2 rings (SSSR count). The SMILES string of the molecule is CC[C@H](C)NC(=O)c1ccccc1NC(=O)[C@H](C)Sc1ccc(OC)c(OC)c1. The summed E-state index contributed by atoms with van der Waals surface area (Å²) in [6.07, 6.45) is 0.833. The molecule has 0 aliphatic carbocycles. The van der Waals surface area contributed by atoms with E-state index in [2.05, 4.69) is 10.6 Å². The van der Waals surface area contributed by atoms with Crippen LogP contribution in [0.15, 0.2) is 47.4 Å². The number of amides is 2. The third kappa shape index (κ3) is 6.15. The van der Waals surface area contributed by atoms with E-state index in [1.807, 2.05) is 32.9 Å². The third-order valence-electron chi connectivity index (χ3n) is 4.46. The van der Waals surface area contributed by atoms with Gasteiger partial charge in [-0.2, -0.15) is 0 Å². The lowest BCUT2D eigenvalue weighted by Gasteiger charge is -2.17. The molecule has 156 valence electrons. The smallest absolute Gasteiger partial charge is 0.253 e. The summed E-state index contributed by atoms with van der Waals surface area (Å²) in [5.74, 6) is 0.858. The number of carbonyl (C=O) groups is 2. The molecule has 0 heterocycles. The van der Waals surface area contributed by atoms with Crippen molar-refractivity contribution in [2.24, 2.45) is 0 Å². The van der Waals surface area contributed by atoms with Crippen molar-refractivity contribution in [3.05, 3.63) is 48.0 Å². The number of methoxy groups -OCH3 is 2. The minimum atomic E-state index is -0.376. The largest absolute Gasteiger partial charge is 0.493 e. The van der Waals surface area contributed by atoms with Gasteiger partial charge < -0.3 is 20.1 Å². The van der Waals surface area contributed by atoms with Crippen LogP contribution in [-0.2, 0) is 4.79 Å². The van der Waals surface area contributed by atoms with Crippen molar-refractivity contribution in [1.82, 2.24) is 5.32 Å². The Bertz CT molecular complexity index is 856. The van der Waals surface area contributed by atoms with Gasteiger partial charge in [-0.25, -0.2) is 0 Å². The molecular weight excluding hydrogens is 388 g/mol. The van der Waals surface area contributed by atoms with Crippen LogP contribution in [0.5, 0.6) is 11.5 Å². The molecule has 0 spiro atoms. The quantitative estimate of drug-likeness (QED) is 0.594. The molecule has 0 aromatic heterocycles. The van der Waals surface area contributed by atoms with Gasteiger partial charge in [-0.3, -0.25) is 9.59 Å². The first-order chi connectivity index (χ1) is 13.9. The van der Waals surface area contributed by atoms with Crippen molar-refractivity contribution in [2.75, 3.05) is 19.5 Å². The lowest BCUT2D eigenvalue weighted by molar-refractivity contribution is -0.115. The minimum absolute atomic E-state index is 0.0609. The molecule has 2 N–H and O–H groups in total. The van der Waals surface area contributed by atoms with Crippen molar-refractivity contribution in [1.29, 1.82) is 0 Å². The van der Waals surface area contributed by atoms with Crippen LogP contribution in [0.4, 0.5) is 5.69 Å². The maximum absolute atomic E-state index is 12.7. The molecule has 6 nitrogen and oxygen atoms in total. The van der Waals surface area contributed by atoms with Crippen LogP contribution >= 0.6 is 11.8 Å². The molecule has 2 atom stereocenters. The highest BCUT2D eigenvalue weighted by Gasteiger charge is 2.19. The zero-order valence-corrected chi connectivity index (χ0v) is 18.3. The van der Waals surface area contributed by atoms with Crippen LogP contribution in [-0.4, -0.2) is 37.3 Å². The van der Waals surface area contributed by atoms with Crippen LogP contribution in [0.1, 0.15) is 37.6 Å². The van der Waals surface area contributed by atoms with Crippen LogP contribution in [0.25, 0.3) is 0 Å². The van der Waals surface area contributed by atoms with Gasteiger partial charge in [0.15, 0.2) is 11.5 Å². The van der Waals surface area contributed by atoms with E-state index in [1.165, 1.54) is 11.8 Å². The molecule has 2 amide bonds. The monoisotopic (exact) mass is 416 g/mol. The van der Waals surface area contributed by atoms with Gasteiger partial charge in [-0.1, -0.05) is 19.1 Å². The fraction of sp³-hybridized carbons (Fsp3) is 0.364. The maximum Gasteiger partial charge on any atom is 0.253 e. The number of rotatable bonds is 9. The average Bonchev–Trinajstić information content (AvgIpc) is 2.73. The summed E-state index contributed by atoms with van der Waals surface area (Å²) < 4.78 is 10.6. The Hall–Kier alpha value is -2.67. The highest BCUT2D eigenvalue weighted by atomic mass is 32.2. The molecule has 7 heteroatoms. The second kappa shape index (κ2) is 10.8. The first-order valence-corrected chi connectivity index (χ1v) is 10.4. The Balaban J connectivity index is 2.09. The molecule has 2 aromatic rings. The third-order valence-corrected chi connectivity index (χ3v) is 5.55. The van der Waals surface area contributed by atoms with Crippen molar-refractivity contribution in [3.8, 4) is 11.5 Å². The number of ether oxygens (including phenoxy) is 2. The first kappa shape index (κ1) is 22.6. The van der Waals surface area contributed by atoms with Gasteiger partial charge in [0.05, 0.1) is 30.7 Å². The van der Waals surface area contributed by atoms with E-state index < -0.39 is 0 Å². The first-order valence-electron chi connectivity index (χ1n) is 9.49. The van der Waals surface area contributed by atoms with Gasteiger partial charge in [0, 0.05) is 10.9 Å². The number of hydrogen-bond acceptors (Lipinski definition) is 5. The second-order valence-corrected chi connectivity index (χ2v) is 8.01. The average molecular weight is 417 g/mol. The molecule has 0 fully saturated rings. The van der Waals surface area contributed by atoms with Gasteiger partial charge >= 0.3 is 0 Å². The molecule has 0 unspecified atom stereocenters. The zero-order chi connectivity index (χ0) is 21.4. The molecule has 29 heavy (non-hydrogen) atoms. The summed E-state index contributed by atoms with van der Waals surface area (Å²) in [6, 6.07) is 12.6. The molecular formula is C22H28N2O4S. The number of nitrogens with one attached hydrogen (secondary N) is 2. The number of carbonyl (C=O) groups excluding carboxylic acids is 2. The summed E-state index contributed by atoms with van der Waals surface area (Å²) in [5.41, 5.74) is 0.947.